The van der Waals surface area contributed by atoms with E-state index in [0.717, 1.165) is 17.8 Å². The number of imidazole rings is 1. The van der Waals surface area contributed by atoms with Crippen LogP contribution < -0.4 is 20.9 Å². The summed E-state index contributed by atoms with van der Waals surface area (Å²) in [6, 6.07) is 5.57. The molecule has 0 aromatic carbocycles. The summed E-state index contributed by atoms with van der Waals surface area (Å²) in [7, 11) is 2.69. The van der Waals surface area contributed by atoms with Crippen molar-refractivity contribution in [3.05, 3.63) is 64.7 Å². The second kappa shape index (κ2) is 12.6. The molecule has 0 spiro atoms. The Hall–Kier alpha value is -4.45. The molecule has 1 fully saturated rings. The minimum atomic E-state index is -4.66. The van der Waals surface area contributed by atoms with Gasteiger partial charge in [-0.3, -0.25) is 11.2 Å². The first kappa shape index (κ1) is 30.1. The van der Waals surface area contributed by atoms with Gasteiger partial charge in [0.05, 0.1) is 18.2 Å². The fraction of sp³-hybridized carbons (Fsp3) is 0.208. The molecule has 40 heavy (non-hydrogen) atoms. The molecule has 1 aliphatic rings. The predicted molar refractivity (Wildman–Crippen MR) is 132 cm³/mol. The van der Waals surface area contributed by atoms with E-state index in [0.29, 0.717) is 12.3 Å². The van der Waals surface area contributed by atoms with Gasteiger partial charge in [-0.25, -0.2) is 4.98 Å². The van der Waals surface area contributed by atoms with Crippen LogP contribution in [0, 0.1) is 17.8 Å². The zero-order valence-electron chi connectivity index (χ0n) is 20.8. The topological polar surface area (TPSA) is 149 Å². The van der Waals surface area contributed by atoms with Gasteiger partial charge in [-0.2, -0.15) is 23.4 Å². The molecule has 5 rings (SSSR count). The summed E-state index contributed by atoms with van der Waals surface area (Å²) in [5.41, 5.74) is -1.76. The van der Waals surface area contributed by atoms with E-state index in [2.05, 4.69) is 36.7 Å². The Bertz CT molecular complexity index is 1620. The van der Waals surface area contributed by atoms with Crippen LogP contribution in [-0.2, 0) is 46.9 Å². The summed E-state index contributed by atoms with van der Waals surface area (Å²) in [4.78, 5) is 35.2. The number of nitrogens with zero attached hydrogens (tertiary/aromatic N) is 6. The van der Waals surface area contributed by atoms with Crippen LogP contribution in [0.1, 0.15) is 11.1 Å². The number of aryl methyl sites for hydroxylation is 2. The van der Waals surface area contributed by atoms with Crippen LogP contribution >= 0.6 is 0 Å². The number of alkyl halides is 3. The number of carbonyl (C=O) groups excluding carboxylic acids is 1. The Morgan fingerprint density at radius 3 is 2.55 bits per heavy atom. The normalized spacial score (nSPS) is 12.2. The molecule has 4 aromatic heterocycles. The van der Waals surface area contributed by atoms with Crippen LogP contribution in [0.15, 0.2) is 41.6 Å². The molecule has 0 atom stereocenters. The van der Waals surface area contributed by atoms with E-state index in [1.807, 2.05) is 6.07 Å². The van der Waals surface area contributed by atoms with E-state index in [1.54, 1.807) is 0 Å². The molecule has 2 N–H and O–H groups in total. The molecular formula is C24H19F3MnN8O4. The minimum Gasteiger partial charge on any atom is -0.475 e. The maximum atomic E-state index is 13.2. The van der Waals surface area contributed by atoms with Crippen molar-refractivity contribution >= 4 is 35.0 Å². The van der Waals surface area contributed by atoms with E-state index >= 15 is 0 Å². The zero-order valence-corrected chi connectivity index (χ0v) is 22.0. The number of pyridine rings is 3. The van der Waals surface area contributed by atoms with Crippen molar-refractivity contribution in [3.8, 4) is 17.6 Å². The number of anilines is 3. The molecule has 0 saturated carbocycles. The number of ether oxygens (including phenoxy) is 2. The van der Waals surface area contributed by atoms with Gasteiger partial charge in [-0.15, -0.1) is 0 Å². The second-order valence-corrected chi connectivity index (χ2v) is 7.99. The summed E-state index contributed by atoms with van der Waals surface area (Å²) in [5.74, 6) is 0.439. The molecule has 16 heteroatoms. The average molecular weight is 595 g/mol. The maximum absolute atomic E-state index is 13.2. The van der Waals surface area contributed by atoms with Gasteiger partial charge in [0.25, 0.3) is 5.56 Å². The van der Waals surface area contributed by atoms with Gasteiger partial charge >= 0.3 is 23.2 Å². The Balaban J connectivity index is 0.000000810. The van der Waals surface area contributed by atoms with Crippen LogP contribution in [0.25, 0.3) is 11.2 Å². The summed E-state index contributed by atoms with van der Waals surface area (Å²) in [6.45, 7) is 1.75. The van der Waals surface area contributed by atoms with Crippen molar-refractivity contribution in [3.63, 3.8) is 0 Å². The number of nitriles is 1. The third-order valence-corrected chi connectivity index (χ3v) is 5.34. The van der Waals surface area contributed by atoms with Crippen LogP contribution in [-0.4, -0.2) is 43.7 Å². The van der Waals surface area contributed by atoms with Crippen LogP contribution in [0.4, 0.5) is 30.6 Å². The summed E-state index contributed by atoms with van der Waals surface area (Å²) in [6.07, 6.45) is 2.21. The third kappa shape index (κ3) is 6.57. The minimum absolute atomic E-state index is 0. The third-order valence-electron chi connectivity index (χ3n) is 5.34. The van der Waals surface area contributed by atoms with Crippen molar-refractivity contribution in [2.75, 3.05) is 23.8 Å². The Morgan fingerprint density at radius 1 is 1.25 bits per heavy atom. The van der Waals surface area contributed by atoms with E-state index in [9.17, 15) is 28.0 Å². The quantitative estimate of drug-likeness (QED) is 0.195. The van der Waals surface area contributed by atoms with Crippen LogP contribution in [0.2, 0.25) is 0 Å². The first-order chi connectivity index (χ1) is 18.6. The van der Waals surface area contributed by atoms with Gasteiger partial charge in [0, 0.05) is 26.5 Å². The van der Waals surface area contributed by atoms with Gasteiger partial charge in [-0.05, 0) is 18.0 Å². The predicted octanol–water partition coefficient (Wildman–Crippen LogP) is 3.19. The number of hydrogen-bond donors (Lipinski definition) is 2. The fourth-order valence-corrected chi connectivity index (χ4v) is 3.37. The molecule has 1 aliphatic heterocycles. The summed E-state index contributed by atoms with van der Waals surface area (Å²) in [5, 5.41) is 14.6. The largest absolute Gasteiger partial charge is 2.00 e. The Kier molecular flexibility index (Phi) is 9.48. The average Bonchev–Trinajstić information content (AvgIpc) is 3.16. The fourth-order valence-electron chi connectivity index (χ4n) is 3.37. The second-order valence-electron chi connectivity index (χ2n) is 7.99. The molecule has 4 aromatic rings. The number of amides is 1. The molecule has 1 saturated heterocycles. The number of aromatic nitrogens is 5. The van der Waals surface area contributed by atoms with E-state index in [-0.39, 0.29) is 62.7 Å². The molecule has 5 heterocycles. The number of rotatable bonds is 6. The number of halogens is 3. The standard InChI is InChI=1S/C21H14F3N8O3.C3H5O.Mn/c1-31-9-11(21(22,23)24)5-14(19(31)34)29-20-30-18-17(32(20)2)13(7-25)15(8-27-18)35-12-3-4-26-16(6-12)28-10-33;1-2-4-3-1;/h3-6,8-9H,1-2H3,(H,26,28,33)(H,27,29,30);1H,2-3H2;/q2*-1;+2. The smallest absolute Gasteiger partial charge is 0.475 e. The Labute approximate surface area is 235 Å². The molecule has 0 unspecified atom stereocenters. The van der Waals surface area contributed by atoms with Crippen molar-refractivity contribution < 1.29 is 44.5 Å². The van der Waals surface area contributed by atoms with E-state index in [4.69, 9.17) is 4.74 Å². The van der Waals surface area contributed by atoms with E-state index < -0.39 is 17.3 Å². The molecule has 0 aliphatic carbocycles. The van der Waals surface area contributed by atoms with Crippen molar-refractivity contribution in [2.24, 2.45) is 14.1 Å². The van der Waals surface area contributed by atoms with Gasteiger partial charge in [-0.1, -0.05) is 19.3 Å². The molecule has 1 radical (unpaired) electrons. The van der Waals surface area contributed by atoms with Crippen molar-refractivity contribution in [1.29, 1.82) is 5.26 Å². The van der Waals surface area contributed by atoms with Gasteiger partial charge in [0.2, 0.25) is 5.95 Å². The van der Waals surface area contributed by atoms with Gasteiger partial charge in [0.15, 0.2) is 11.4 Å². The van der Waals surface area contributed by atoms with Crippen LogP contribution in [0.3, 0.4) is 0 Å². The molecule has 207 valence electrons. The van der Waals surface area contributed by atoms with E-state index in [1.165, 1.54) is 49.6 Å². The number of fused-ring (bicyclic) bond motifs is 1. The van der Waals surface area contributed by atoms with Gasteiger partial charge in [0.1, 0.15) is 28.6 Å². The SMILES string of the molecule is Cn1cc(C(F)(F)F)cc(Nc2nc3ncc(Oc4ccnc(N[C-]=O)c4)c(C#N)c3n2C)c1=O.[CH-]1COC1.[Mn+2]. The van der Waals surface area contributed by atoms with Crippen molar-refractivity contribution in [1.82, 2.24) is 24.1 Å². The Morgan fingerprint density at radius 2 is 1.95 bits per heavy atom. The summed E-state index contributed by atoms with van der Waals surface area (Å²) < 4.78 is 52.2. The maximum Gasteiger partial charge on any atom is 2.00 e. The number of nitrogens with one attached hydrogen (secondary N) is 2. The monoisotopic (exact) mass is 595 g/mol. The first-order valence-electron chi connectivity index (χ1n) is 11.1. The molecule has 1 amide bonds. The molecule has 12 nitrogen and oxygen atoms in total. The van der Waals surface area contributed by atoms with Gasteiger partial charge < -0.3 is 39.0 Å². The van der Waals surface area contributed by atoms with Crippen LogP contribution in [0.5, 0.6) is 11.5 Å². The molecular weight excluding hydrogens is 576 g/mol. The first-order valence-corrected chi connectivity index (χ1v) is 11.1. The summed E-state index contributed by atoms with van der Waals surface area (Å²) >= 11 is 0. The zero-order chi connectivity index (χ0) is 28.2. The number of hydrogen-bond acceptors (Lipinski definition) is 9. The molecule has 0 bridgehead atoms. The van der Waals surface area contributed by atoms with Crippen molar-refractivity contribution in [2.45, 2.75) is 6.18 Å².